The summed E-state index contributed by atoms with van der Waals surface area (Å²) in [5.41, 5.74) is 12.8. The molecule has 8 heteroatoms. The molecule has 0 spiro atoms. The second-order valence-corrected chi connectivity index (χ2v) is 8.69. The fourth-order valence-corrected chi connectivity index (χ4v) is 4.72. The number of nitriles is 2. The quantitative estimate of drug-likeness (QED) is 0.374. The van der Waals surface area contributed by atoms with Crippen LogP contribution in [0.1, 0.15) is 22.5 Å². The van der Waals surface area contributed by atoms with Crippen LogP contribution in [0.2, 0.25) is 0 Å². The third-order valence-electron chi connectivity index (χ3n) is 6.45. The molecule has 0 aliphatic carbocycles. The molecule has 6 aromatic rings. The van der Waals surface area contributed by atoms with Crippen molar-refractivity contribution < 1.29 is 0 Å². The number of nitrogens with two attached hydrogens (primary N) is 1. The zero-order chi connectivity index (χ0) is 25.5. The molecule has 6 rings (SSSR count). The summed E-state index contributed by atoms with van der Waals surface area (Å²) in [6.45, 7) is 2.54. The van der Waals surface area contributed by atoms with Gasteiger partial charge in [-0.05, 0) is 36.2 Å². The van der Waals surface area contributed by atoms with Crippen LogP contribution in [0.5, 0.6) is 0 Å². The summed E-state index contributed by atoms with van der Waals surface area (Å²) in [6, 6.07) is 29.8. The molecule has 0 atom stereocenters. The number of rotatable bonds is 4. The van der Waals surface area contributed by atoms with Crippen molar-refractivity contribution in [1.29, 1.82) is 10.5 Å². The molecule has 0 aliphatic heterocycles. The summed E-state index contributed by atoms with van der Waals surface area (Å²) in [6.07, 6.45) is 0. The third kappa shape index (κ3) is 3.48. The van der Waals surface area contributed by atoms with Gasteiger partial charge < -0.3 is 10.3 Å². The largest absolute Gasteiger partial charge is 0.384 e. The smallest absolute Gasteiger partial charge is 0.179 e. The monoisotopic (exact) mass is 480 g/mol. The van der Waals surface area contributed by atoms with E-state index in [9.17, 15) is 10.5 Å². The number of imidazole rings is 1. The molecule has 0 bridgehead atoms. The van der Waals surface area contributed by atoms with Gasteiger partial charge in [0.1, 0.15) is 29.3 Å². The van der Waals surface area contributed by atoms with E-state index in [1.165, 1.54) is 0 Å². The Balaban J connectivity index is 1.73. The maximum absolute atomic E-state index is 9.71. The average molecular weight is 481 g/mol. The summed E-state index contributed by atoms with van der Waals surface area (Å²) < 4.78 is 3.89. The molecule has 0 unspecified atom stereocenters. The van der Waals surface area contributed by atoms with Crippen LogP contribution >= 0.6 is 0 Å². The van der Waals surface area contributed by atoms with Crippen LogP contribution in [0, 0.1) is 29.6 Å². The molecule has 3 aromatic carbocycles. The molecular weight excluding hydrogens is 460 g/mol. The fraction of sp³-hybridized carbons (Fsp3) is 0.0690. The van der Waals surface area contributed by atoms with E-state index in [-0.39, 0.29) is 11.4 Å². The van der Waals surface area contributed by atoms with Crippen molar-refractivity contribution in [2.24, 2.45) is 0 Å². The fourth-order valence-electron chi connectivity index (χ4n) is 4.72. The van der Waals surface area contributed by atoms with Crippen LogP contribution in [-0.2, 0) is 6.54 Å². The lowest BCUT2D eigenvalue weighted by Gasteiger charge is -2.12. The lowest BCUT2D eigenvalue weighted by atomic mass is 10.2. The Labute approximate surface area is 212 Å². The molecule has 0 radical (unpaired) electrons. The Bertz CT molecular complexity index is 1900. The standard InChI is InChI=1S/C29H20N8/c1-18-9-5-7-13-23(18)37-27(32)25(26-29(37)35-22(16-31)21(15-30)33-26)28-34-20-12-6-8-14-24(20)36(28)17-19-10-3-2-4-11-19/h2-14H,17,32H2,1H3. The topological polar surface area (TPSA) is 122 Å². The second-order valence-electron chi connectivity index (χ2n) is 8.69. The highest BCUT2D eigenvalue weighted by Crippen LogP contribution is 2.39. The normalized spacial score (nSPS) is 11.0. The predicted octanol–water partition coefficient (Wildman–Crippen LogP) is 5.12. The van der Waals surface area contributed by atoms with E-state index in [2.05, 4.69) is 26.7 Å². The van der Waals surface area contributed by atoms with Gasteiger partial charge in [-0.3, -0.25) is 4.57 Å². The summed E-state index contributed by atoms with van der Waals surface area (Å²) >= 11 is 0. The number of aryl methyl sites for hydroxylation is 1. The van der Waals surface area contributed by atoms with E-state index in [1.54, 1.807) is 4.57 Å². The molecule has 0 aliphatic rings. The van der Waals surface area contributed by atoms with Crippen LogP contribution < -0.4 is 5.73 Å². The SMILES string of the molecule is Cc1ccccc1-n1c(N)c(-c2nc3ccccc3n2Cc2ccccc2)c2nc(C#N)c(C#N)nc21. The van der Waals surface area contributed by atoms with Crippen LogP contribution in [0.15, 0.2) is 78.9 Å². The first-order valence-corrected chi connectivity index (χ1v) is 11.7. The molecule has 0 saturated carbocycles. The minimum absolute atomic E-state index is 0.0494. The van der Waals surface area contributed by atoms with Gasteiger partial charge in [-0.1, -0.05) is 60.7 Å². The molecular formula is C29H20N8. The van der Waals surface area contributed by atoms with Gasteiger partial charge in [0.25, 0.3) is 0 Å². The molecule has 37 heavy (non-hydrogen) atoms. The van der Waals surface area contributed by atoms with Gasteiger partial charge in [0.15, 0.2) is 17.0 Å². The first-order chi connectivity index (χ1) is 18.1. The first-order valence-electron chi connectivity index (χ1n) is 11.7. The highest BCUT2D eigenvalue weighted by Gasteiger charge is 2.27. The van der Waals surface area contributed by atoms with Crippen molar-refractivity contribution in [3.63, 3.8) is 0 Å². The van der Waals surface area contributed by atoms with Crippen LogP contribution in [0.25, 0.3) is 39.3 Å². The lowest BCUT2D eigenvalue weighted by Crippen LogP contribution is -2.06. The lowest BCUT2D eigenvalue weighted by molar-refractivity contribution is 0.835. The van der Waals surface area contributed by atoms with Gasteiger partial charge in [0.05, 0.1) is 22.3 Å². The maximum Gasteiger partial charge on any atom is 0.179 e. The molecule has 3 aromatic heterocycles. The van der Waals surface area contributed by atoms with Crippen molar-refractivity contribution in [3.05, 3.63) is 101 Å². The van der Waals surface area contributed by atoms with E-state index in [4.69, 9.17) is 10.7 Å². The minimum atomic E-state index is -0.0519. The Morgan fingerprint density at radius 1 is 0.811 bits per heavy atom. The van der Waals surface area contributed by atoms with Crippen molar-refractivity contribution in [1.82, 2.24) is 24.1 Å². The molecule has 0 fully saturated rings. The number of hydrogen-bond donors (Lipinski definition) is 1. The van der Waals surface area contributed by atoms with Gasteiger partial charge in [0, 0.05) is 6.54 Å². The number of benzene rings is 3. The molecule has 3 heterocycles. The summed E-state index contributed by atoms with van der Waals surface area (Å²) in [7, 11) is 0. The van der Waals surface area contributed by atoms with E-state index in [1.807, 2.05) is 85.8 Å². The molecule has 2 N–H and O–H groups in total. The zero-order valence-electron chi connectivity index (χ0n) is 19.9. The van der Waals surface area contributed by atoms with E-state index in [0.29, 0.717) is 34.9 Å². The van der Waals surface area contributed by atoms with Crippen molar-refractivity contribution in [2.45, 2.75) is 13.5 Å². The third-order valence-corrected chi connectivity index (χ3v) is 6.45. The number of para-hydroxylation sites is 3. The van der Waals surface area contributed by atoms with Gasteiger partial charge in [-0.25, -0.2) is 15.0 Å². The number of aromatic nitrogens is 5. The van der Waals surface area contributed by atoms with Gasteiger partial charge in [-0.2, -0.15) is 10.5 Å². The Morgan fingerprint density at radius 3 is 2.24 bits per heavy atom. The van der Waals surface area contributed by atoms with Crippen LogP contribution in [0.3, 0.4) is 0 Å². The number of nitrogens with zero attached hydrogens (tertiary/aromatic N) is 7. The summed E-state index contributed by atoms with van der Waals surface area (Å²) in [5, 5.41) is 19.4. The number of fused-ring (bicyclic) bond motifs is 2. The summed E-state index contributed by atoms with van der Waals surface area (Å²) in [5.74, 6) is 0.996. The Morgan fingerprint density at radius 2 is 1.49 bits per heavy atom. The number of nitrogen functional groups attached to an aromatic ring is 1. The molecule has 176 valence electrons. The van der Waals surface area contributed by atoms with Crippen molar-refractivity contribution in [2.75, 3.05) is 5.73 Å². The number of hydrogen-bond acceptors (Lipinski definition) is 6. The van der Waals surface area contributed by atoms with Crippen molar-refractivity contribution in [3.8, 4) is 29.2 Å². The van der Waals surface area contributed by atoms with Crippen LogP contribution in [-0.4, -0.2) is 24.1 Å². The van der Waals surface area contributed by atoms with Gasteiger partial charge >= 0.3 is 0 Å². The Hall–Kier alpha value is -5.47. The predicted molar refractivity (Wildman–Crippen MR) is 142 cm³/mol. The average Bonchev–Trinajstić information content (AvgIpc) is 3.42. The van der Waals surface area contributed by atoms with E-state index < -0.39 is 0 Å². The Kier molecular flexibility index (Phi) is 5.14. The molecule has 0 amide bonds. The van der Waals surface area contributed by atoms with Gasteiger partial charge in [-0.15, -0.1) is 0 Å². The first kappa shape index (κ1) is 22.0. The zero-order valence-corrected chi connectivity index (χ0v) is 19.9. The van der Waals surface area contributed by atoms with E-state index in [0.717, 1.165) is 27.8 Å². The highest BCUT2D eigenvalue weighted by molar-refractivity contribution is 6.00. The summed E-state index contributed by atoms with van der Waals surface area (Å²) in [4.78, 5) is 14.1. The highest BCUT2D eigenvalue weighted by atomic mass is 15.2. The van der Waals surface area contributed by atoms with Crippen molar-refractivity contribution >= 4 is 28.0 Å². The molecule has 8 nitrogen and oxygen atoms in total. The second kappa shape index (κ2) is 8.63. The minimum Gasteiger partial charge on any atom is -0.384 e. The van der Waals surface area contributed by atoms with E-state index >= 15 is 0 Å². The number of anilines is 1. The maximum atomic E-state index is 9.71. The van der Waals surface area contributed by atoms with Crippen LogP contribution in [0.4, 0.5) is 5.82 Å². The van der Waals surface area contributed by atoms with Gasteiger partial charge in [0.2, 0.25) is 0 Å². The molecule has 0 saturated heterocycles.